The molecule has 0 aromatic heterocycles. The van der Waals surface area contributed by atoms with Crippen LogP contribution < -0.4 is 0 Å². The SMILES string of the molecule is C=CC(=O)O[SiH2]O. The zero-order chi connectivity index (χ0) is 5.70. The molecule has 0 amide bonds. The van der Waals surface area contributed by atoms with Gasteiger partial charge in [-0.2, -0.15) is 0 Å². The summed E-state index contributed by atoms with van der Waals surface area (Å²) in [5.41, 5.74) is 0. The maximum Gasteiger partial charge on any atom is 0.366 e. The lowest BCUT2D eigenvalue weighted by Gasteiger charge is -1.89. The zero-order valence-electron chi connectivity index (χ0n) is 3.76. The number of carbonyl (C=O) groups is 1. The zero-order valence-corrected chi connectivity index (χ0v) is 5.17. The number of hydrogen-bond donors (Lipinski definition) is 1. The molecule has 0 bridgehead atoms. The van der Waals surface area contributed by atoms with E-state index in [2.05, 4.69) is 11.0 Å². The molecule has 40 valence electrons. The second kappa shape index (κ2) is 3.57. The summed E-state index contributed by atoms with van der Waals surface area (Å²) < 4.78 is 4.13. The summed E-state index contributed by atoms with van der Waals surface area (Å²) >= 11 is 0. The van der Waals surface area contributed by atoms with Crippen molar-refractivity contribution in [2.45, 2.75) is 0 Å². The maximum atomic E-state index is 9.95. The Bertz CT molecular complexity index is 80.2. The highest BCUT2D eigenvalue weighted by Gasteiger charge is 1.88. The highest BCUT2D eigenvalue weighted by molar-refractivity contribution is 6.21. The molecule has 0 unspecified atom stereocenters. The Morgan fingerprint density at radius 3 is 2.71 bits per heavy atom. The molecule has 0 atom stereocenters. The van der Waals surface area contributed by atoms with Crippen molar-refractivity contribution in [3.8, 4) is 0 Å². The minimum atomic E-state index is -1.57. The van der Waals surface area contributed by atoms with Gasteiger partial charge < -0.3 is 9.22 Å². The third kappa shape index (κ3) is 3.21. The monoisotopic (exact) mass is 118 g/mol. The van der Waals surface area contributed by atoms with Crippen LogP contribution >= 0.6 is 0 Å². The Kier molecular flexibility index (Phi) is 3.26. The maximum absolute atomic E-state index is 9.95. The van der Waals surface area contributed by atoms with Crippen molar-refractivity contribution in [3.63, 3.8) is 0 Å². The Hall–Kier alpha value is -0.613. The molecule has 0 saturated carbocycles. The van der Waals surface area contributed by atoms with Gasteiger partial charge >= 0.3 is 16.0 Å². The minimum absolute atomic E-state index is 0.547. The highest BCUT2D eigenvalue weighted by atomic mass is 28.2. The fourth-order valence-corrected chi connectivity index (χ4v) is 0.368. The second-order valence-corrected chi connectivity index (χ2v) is 1.34. The molecular weight excluding hydrogens is 112 g/mol. The predicted molar refractivity (Wildman–Crippen MR) is 27.1 cm³/mol. The summed E-state index contributed by atoms with van der Waals surface area (Å²) in [5, 5.41) is 0. The first-order valence-electron chi connectivity index (χ1n) is 1.71. The lowest BCUT2D eigenvalue weighted by Crippen LogP contribution is -2.03. The lowest BCUT2D eigenvalue weighted by molar-refractivity contribution is -0.129. The largest absolute Gasteiger partial charge is 0.496 e. The first-order valence-corrected chi connectivity index (χ1v) is 2.92. The smallest absolute Gasteiger partial charge is 0.366 e. The molecule has 0 rings (SSSR count). The molecule has 0 aromatic carbocycles. The average Bonchev–Trinajstić information content (AvgIpc) is 1.68. The van der Waals surface area contributed by atoms with Crippen LogP contribution in [0.3, 0.4) is 0 Å². The van der Waals surface area contributed by atoms with Gasteiger partial charge in [-0.05, 0) is 0 Å². The van der Waals surface area contributed by atoms with E-state index >= 15 is 0 Å². The summed E-state index contributed by atoms with van der Waals surface area (Å²) in [5.74, 6) is -0.547. The molecule has 0 radical (unpaired) electrons. The van der Waals surface area contributed by atoms with Crippen molar-refractivity contribution in [1.29, 1.82) is 0 Å². The Labute approximate surface area is 43.7 Å². The van der Waals surface area contributed by atoms with E-state index in [1.54, 1.807) is 0 Å². The van der Waals surface area contributed by atoms with Crippen LogP contribution in [0.4, 0.5) is 0 Å². The molecule has 3 nitrogen and oxygen atoms in total. The average molecular weight is 118 g/mol. The highest BCUT2D eigenvalue weighted by Crippen LogP contribution is 1.70. The van der Waals surface area contributed by atoms with Gasteiger partial charge in [0.1, 0.15) is 0 Å². The van der Waals surface area contributed by atoms with Crippen LogP contribution in [0, 0.1) is 0 Å². The molecule has 0 spiro atoms. The Balaban J connectivity index is 3.17. The third-order valence-electron chi connectivity index (χ3n) is 0.373. The third-order valence-corrected chi connectivity index (χ3v) is 0.787. The van der Waals surface area contributed by atoms with Gasteiger partial charge in [-0.3, -0.25) is 0 Å². The van der Waals surface area contributed by atoms with E-state index in [1.165, 1.54) is 0 Å². The van der Waals surface area contributed by atoms with Crippen molar-refractivity contribution in [2.24, 2.45) is 0 Å². The van der Waals surface area contributed by atoms with E-state index < -0.39 is 16.0 Å². The van der Waals surface area contributed by atoms with Gasteiger partial charge in [0.15, 0.2) is 0 Å². The van der Waals surface area contributed by atoms with Gasteiger partial charge in [-0.1, -0.05) is 6.58 Å². The Morgan fingerprint density at radius 1 is 2.00 bits per heavy atom. The van der Waals surface area contributed by atoms with Crippen molar-refractivity contribution in [1.82, 2.24) is 0 Å². The normalized spacial score (nSPS) is 9.29. The minimum Gasteiger partial charge on any atom is -0.496 e. The molecule has 7 heavy (non-hydrogen) atoms. The van der Waals surface area contributed by atoms with Gasteiger partial charge in [-0.15, -0.1) is 0 Å². The Morgan fingerprint density at radius 2 is 2.57 bits per heavy atom. The van der Waals surface area contributed by atoms with Crippen LogP contribution in [-0.4, -0.2) is 20.8 Å². The lowest BCUT2D eigenvalue weighted by atomic mass is 10.7. The number of hydrogen-bond acceptors (Lipinski definition) is 3. The first-order chi connectivity index (χ1) is 3.31. The van der Waals surface area contributed by atoms with Crippen LogP contribution in [-0.2, 0) is 9.22 Å². The van der Waals surface area contributed by atoms with Crippen molar-refractivity contribution < 1.29 is 14.0 Å². The quantitative estimate of drug-likeness (QED) is 0.362. The van der Waals surface area contributed by atoms with E-state index in [1.807, 2.05) is 0 Å². The molecule has 4 heteroatoms. The fraction of sp³-hybridized carbons (Fsp3) is 0. The van der Waals surface area contributed by atoms with Crippen molar-refractivity contribution in [2.75, 3.05) is 0 Å². The molecule has 1 N–H and O–H groups in total. The first kappa shape index (κ1) is 6.39. The van der Waals surface area contributed by atoms with Gasteiger partial charge in [0.25, 0.3) is 0 Å². The van der Waals surface area contributed by atoms with Crippen LogP contribution in [0.5, 0.6) is 0 Å². The number of rotatable bonds is 2. The summed E-state index contributed by atoms with van der Waals surface area (Å²) in [4.78, 5) is 18.0. The standard InChI is InChI=1S/C3H6O3Si/c1-2-3(4)6-7-5/h2,5H,1,7H2. The van der Waals surface area contributed by atoms with E-state index in [0.717, 1.165) is 6.08 Å². The van der Waals surface area contributed by atoms with Gasteiger partial charge in [0.2, 0.25) is 0 Å². The van der Waals surface area contributed by atoms with E-state index in [9.17, 15) is 4.79 Å². The van der Waals surface area contributed by atoms with Crippen LogP contribution in [0.25, 0.3) is 0 Å². The molecule has 0 saturated heterocycles. The fourth-order valence-electron chi connectivity index (χ4n) is 0.123. The van der Waals surface area contributed by atoms with Gasteiger partial charge in [0.05, 0.1) is 0 Å². The molecule has 0 aliphatic carbocycles. The topological polar surface area (TPSA) is 46.5 Å². The van der Waals surface area contributed by atoms with E-state index in [-0.39, 0.29) is 0 Å². The predicted octanol–water partition coefficient (Wildman–Crippen LogP) is -1.29. The van der Waals surface area contributed by atoms with E-state index in [4.69, 9.17) is 4.80 Å². The van der Waals surface area contributed by atoms with Gasteiger partial charge in [0, 0.05) is 6.08 Å². The van der Waals surface area contributed by atoms with Crippen LogP contribution in [0.2, 0.25) is 0 Å². The molecule has 0 heterocycles. The molecular formula is C3H6O3Si. The summed E-state index contributed by atoms with van der Waals surface area (Å²) in [6.45, 7) is 3.12. The molecule has 0 aliphatic rings. The summed E-state index contributed by atoms with van der Waals surface area (Å²) in [6, 6.07) is 0. The molecule has 0 aromatic rings. The van der Waals surface area contributed by atoms with Crippen LogP contribution in [0.1, 0.15) is 0 Å². The van der Waals surface area contributed by atoms with Gasteiger partial charge in [-0.25, -0.2) is 4.79 Å². The van der Waals surface area contributed by atoms with Crippen molar-refractivity contribution in [3.05, 3.63) is 12.7 Å². The number of carbonyl (C=O) groups excluding carboxylic acids is 1. The summed E-state index contributed by atoms with van der Waals surface area (Å²) in [7, 11) is -1.57. The van der Waals surface area contributed by atoms with E-state index in [0.29, 0.717) is 0 Å². The van der Waals surface area contributed by atoms with Crippen molar-refractivity contribution >= 4 is 16.0 Å². The van der Waals surface area contributed by atoms with Crippen LogP contribution in [0.15, 0.2) is 12.7 Å². The summed E-state index contributed by atoms with van der Waals surface area (Å²) in [6.07, 6.45) is 1.02. The molecule has 0 fully saturated rings. The second-order valence-electron chi connectivity index (χ2n) is 0.797. The molecule has 0 aliphatic heterocycles.